The van der Waals surface area contributed by atoms with E-state index in [1.807, 2.05) is 11.8 Å². The standard InChI is InChI=1S/C26H37N5O3/c1-19-4-3-11-30(17-19)18-22-7-5-21(6-8-22)16-27-24(32)10-9-23-20(2)28-26(29-25(23)33)31-12-14-34-15-13-31/h5-8,19H,3-4,9-18H2,1-2H3,(H,27,32)(H,28,29,33). The molecular weight excluding hydrogens is 430 g/mol. The van der Waals surface area contributed by atoms with Gasteiger partial charge in [0.15, 0.2) is 0 Å². The van der Waals surface area contributed by atoms with E-state index in [2.05, 4.69) is 51.4 Å². The number of aromatic amines is 1. The molecule has 2 aliphatic heterocycles. The number of aromatic nitrogens is 2. The number of hydrogen-bond donors (Lipinski definition) is 2. The van der Waals surface area contributed by atoms with Crippen LogP contribution in [-0.4, -0.2) is 60.2 Å². The molecule has 1 aromatic carbocycles. The van der Waals surface area contributed by atoms with Gasteiger partial charge in [-0.25, -0.2) is 4.98 Å². The van der Waals surface area contributed by atoms with Crippen LogP contribution in [0, 0.1) is 12.8 Å². The van der Waals surface area contributed by atoms with Crippen LogP contribution < -0.4 is 15.8 Å². The third-order valence-corrected chi connectivity index (χ3v) is 6.78. The Labute approximate surface area is 201 Å². The Morgan fingerprint density at radius 3 is 2.62 bits per heavy atom. The van der Waals surface area contributed by atoms with Crippen molar-refractivity contribution in [2.75, 3.05) is 44.3 Å². The number of rotatable bonds is 8. The number of piperidine rings is 1. The number of likely N-dealkylation sites (tertiary alicyclic amines) is 1. The molecule has 3 heterocycles. The third kappa shape index (κ3) is 6.67. The molecule has 4 rings (SSSR count). The largest absolute Gasteiger partial charge is 0.378 e. The first-order valence-electron chi connectivity index (χ1n) is 12.5. The monoisotopic (exact) mass is 467 g/mol. The minimum atomic E-state index is -0.166. The van der Waals surface area contributed by atoms with Gasteiger partial charge in [-0.05, 0) is 49.8 Å². The van der Waals surface area contributed by atoms with Gasteiger partial charge in [-0.2, -0.15) is 0 Å². The van der Waals surface area contributed by atoms with Gasteiger partial charge < -0.3 is 15.0 Å². The number of ether oxygens (including phenoxy) is 1. The number of H-pyrrole nitrogens is 1. The molecule has 1 atom stereocenters. The van der Waals surface area contributed by atoms with Crippen molar-refractivity contribution >= 4 is 11.9 Å². The van der Waals surface area contributed by atoms with Gasteiger partial charge in [-0.1, -0.05) is 31.2 Å². The Morgan fingerprint density at radius 2 is 1.91 bits per heavy atom. The first kappa shape index (κ1) is 24.4. The molecule has 8 nitrogen and oxygen atoms in total. The van der Waals surface area contributed by atoms with Gasteiger partial charge in [0, 0.05) is 50.4 Å². The minimum absolute atomic E-state index is 0.0672. The first-order chi connectivity index (χ1) is 16.5. The van der Waals surface area contributed by atoms with Gasteiger partial charge in [-0.3, -0.25) is 19.5 Å². The van der Waals surface area contributed by atoms with Crippen molar-refractivity contribution in [2.45, 2.75) is 52.6 Å². The van der Waals surface area contributed by atoms with Crippen LogP contribution in [0.2, 0.25) is 0 Å². The molecule has 2 aromatic rings. The summed E-state index contributed by atoms with van der Waals surface area (Å²) in [4.78, 5) is 37.0. The van der Waals surface area contributed by atoms with Crippen LogP contribution in [0.5, 0.6) is 0 Å². The number of morpholine rings is 1. The van der Waals surface area contributed by atoms with Gasteiger partial charge in [0.1, 0.15) is 0 Å². The lowest BCUT2D eigenvalue weighted by atomic mass is 9.99. The van der Waals surface area contributed by atoms with E-state index in [0.29, 0.717) is 56.5 Å². The molecule has 0 aliphatic carbocycles. The number of nitrogens with one attached hydrogen (secondary N) is 2. The van der Waals surface area contributed by atoms with Gasteiger partial charge >= 0.3 is 0 Å². The van der Waals surface area contributed by atoms with Crippen molar-refractivity contribution in [1.82, 2.24) is 20.2 Å². The quantitative estimate of drug-likeness (QED) is 0.620. The molecule has 2 saturated heterocycles. The molecule has 34 heavy (non-hydrogen) atoms. The Hall–Kier alpha value is -2.71. The second-order valence-electron chi connectivity index (χ2n) is 9.63. The number of nitrogens with zero attached hydrogens (tertiary/aromatic N) is 3. The summed E-state index contributed by atoms with van der Waals surface area (Å²) in [7, 11) is 0. The molecule has 1 amide bonds. The highest BCUT2D eigenvalue weighted by Gasteiger charge is 2.17. The molecule has 1 unspecified atom stereocenters. The normalized spacial score (nSPS) is 19.2. The molecule has 0 saturated carbocycles. The summed E-state index contributed by atoms with van der Waals surface area (Å²) < 4.78 is 5.36. The fraction of sp³-hybridized carbons (Fsp3) is 0.577. The van der Waals surface area contributed by atoms with E-state index < -0.39 is 0 Å². The summed E-state index contributed by atoms with van der Waals surface area (Å²) in [5, 5.41) is 2.97. The first-order valence-corrected chi connectivity index (χ1v) is 12.5. The fourth-order valence-corrected chi connectivity index (χ4v) is 4.79. The van der Waals surface area contributed by atoms with Crippen molar-refractivity contribution in [3.8, 4) is 0 Å². The van der Waals surface area contributed by atoms with Gasteiger partial charge in [0.25, 0.3) is 5.56 Å². The number of hydrogen-bond acceptors (Lipinski definition) is 6. The summed E-state index contributed by atoms with van der Waals surface area (Å²) >= 11 is 0. The van der Waals surface area contributed by atoms with E-state index >= 15 is 0 Å². The number of benzene rings is 1. The molecule has 2 aliphatic rings. The average Bonchev–Trinajstić information content (AvgIpc) is 2.83. The minimum Gasteiger partial charge on any atom is -0.378 e. The molecule has 1 aromatic heterocycles. The Balaban J connectivity index is 1.24. The lowest BCUT2D eigenvalue weighted by Crippen LogP contribution is -2.38. The van der Waals surface area contributed by atoms with E-state index in [1.54, 1.807) is 0 Å². The second-order valence-corrected chi connectivity index (χ2v) is 9.63. The summed E-state index contributed by atoms with van der Waals surface area (Å²) in [5.74, 6) is 1.29. The van der Waals surface area contributed by atoms with Crippen LogP contribution in [0.1, 0.15) is 48.6 Å². The van der Waals surface area contributed by atoms with Gasteiger partial charge in [0.05, 0.1) is 13.2 Å². The summed E-state index contributed by atoms with van der Waals surface area (Å²) in [6, 6.07) is 8.49. The number of carbonyl (C=O) groups excluding carboxylic acids is 1. The number of anilines is 1. The molecule has 0 radical (unpaired) electrons. The van der Waals surface area contributed by atoms with Crippen LogP contribution in [-0.2, 0) is 29.0 Å². The fourth-order valence-electron chi connectivity index (χ4n) is 4.79. The van der Waals surface area contributed by atoms with Crippen molar-refractivity contribution in [3.63, 3.8) is 0 Å². The highest BCUT2D eigenvalue weighted by molar-refractivity contribution is 5.76. The SMILES string of the molecule is Cc1nc(N2CCOCC2)[nH]c(=O)c1CCC(=O)NCc1ccc(CN2CCCC(C)C2)cc1. The maximum absolute atomic E-state index is 12.6. The lowest BCUT2D eigenvalue weighted by molar-refractivity contribution is -0.121. The van der Waals surface area contributed by atoms with Crippen molar-refractivity contribution in [3.05, 3.63) is 57.0 Å². The molecule has 2 N–H and O–H groups in total. The summed E-state index contributed by atoms with van der Waals surface area (Å²) in [5.41, 5.74) is 3.47. The van der Waals surface area contributed by atoms with Gasteiger partial charge in [-0.15, -0.1) is 0 Å². The van der Waals surface area contributed by atoms with E-state index in [1.165, 1.54) is 31.5 Å². The van der Waals surface area contributed by atoms with E-state index in [0.717, 1.165) is 18.0 Å². The molecule has 0 bridgehead atoms. The molecule has 184 valence electrons. The topological polar surface area (TPSA) is 90.6 Å². The summed E-state index contributed by atoms with van der Waals surface area (Å²) in [6.07, 6.45) is 3.24. The average molecular weight is 468 g/mol. The van der Waals surface area contributed by atoms with Crippen molar-refractivity contribution < 1.29 is 9.53 Å². The smallest absolute Gasteiger partial charge is 0.255 e. The van der Waals surface area contributed by atoms with E-state index in [-0.39, 0.29) is 17.9 Å². The predicted octanol–water partition coefficient (Wildman–Crippen LogP) is 2.40. The maximum atomic E-state index is 12.6. The zero-order valence-electron chi connectivity index (χ0n) is 20.4. The lowest BCUT2D eigenvalue weighted by Gasteiger charge is -2.30. The number of carbonyl (C=O) groups is 1. The number of amides is 1. The highest BCUT2D eigenvalue weighted by Crippen LogP contribution is 2.18. The van der Waals surface area contributed by atoms with Crippen LogP contribution in [0.4, 0.5) is 5.95 Å². The predicted molar refractivity (Wildman–Crippen MR) is 133 cm³/mol. The van der Waals surface area contributed by atoms with Crippen molar-refractivity contribution in [2.24, 2.45) is 5.92 Å². The van der Waals surface area contributed by atoms with E-state index in [9.17, 15) is 9.59 Å². The molecule has 0 spiro atoms. The van der Waals surface area contributed by atoms with E-state index in [4.69, 9.17) is 4.74 Å². The van der Waals surface area contributed by atoms with Crippen molar-refractivity contribution in [1.29, 1.82) is 0 Å². The third-order valence-electron chi connectivity index (χ3n) is 6.78. The maximum Gasteiger partial charge on any atom is 0.255 e. The number of aryl methyl sites for hydroxylation is 1. The van der Waals surface area contributed by atoms with Crippen LogP contribution in [0.25, 0.3) is 0 Å². The van der Waals surface area contributed by atoms with Crippen LogP contribution in [0.15, 0.2) is 29.1 Å². The molecular formula is C26H37N5O3. The highest BCUT2D eigenvalue weighted by atomic mass is 16.5. The zero-order chi connectivity index (χ0) is 23.9. The Kier molecular flexibility index (Phi) is 8.34. The molecule has 2 fully saturated rings. The summed E-state index contributed by atoms with van der Waals surface area (Å²) in [6.45, 7) is 10.7. The zero-order valence-corrected chi connectivity index (χ0v) is 20.4. The Morgan fingerprint density at radius 1 is 1.18 bits per heavy atom. The van der Waals surface area contributed by atoms with Crippen LogP contribution in [0.3, 0.4) is 0 Å². The Bertz CT molecular complexity index is 1010. The van der Waals surface area contributed by atoms with Gasteiger partial charge in [0.2, 0.25) is 11.9 Å². The molecule has 8 heteroatoms. The second kappa shape index (κ2) is 11.6. The van der Waals surface area contributed by atoms with Crippen LogP contribution >= 0.6 is 0 Å².